The Hall–Kier alpha value is -1.05. The summed E-state index contributed by atoms with van der Waals surface area (Å²) in [6.45, 7) is 4.30. The van der Waals surface area contributed by atoms with Crippen molar-refractivity contribution in [3.05, 3.63) is 24.3 Å². The van der Waals surface area contributed by atoms with Gasteiger partial charge >= 0.3 is 0 Å². The molecule has 0 aromatic carbocycles. The van der Waals surface area contributed by atoms with Gasteiger partial charge in [-0.3, -0.25) is 0 Å². The summed E-state index contributed by atoms with van der Waals surface area (Å²) >= 11 is 0. The monoisotopic (exact) mass is 179 g/mol. The molecule has 2 heteroatoms. The van der Waals surface area contributed by atoms with E-state index >= 15 is 0 Å². The molecule has 13 heavy (non-hydrogen) atoms. The van der Waals surface area contributed by atoms with Gasteiger partial charge in [0.1, 0.15) is 12.4 Å². The van der Waals surface area contributed by atoms with Gasteiger partial charge in [0.15, 0.2) is 0 Å². The lowest BCUT2D eigenvalue weighted by Gasteiger charge is -1.91. The maximum Gasteiger partial charge on any atom is 0.255 e. The average Bonchev–Trinajstić information content (AvgIpc) is 2.52. The van der Waals surface area contributed by atoms with Crippen LogP contribution >= 0.6 is 0 Å². The number of nitrogens with zero attached hydrogens (tertiary/aromatic N) is 1. The van der Waals surface area contributed by atoms with Crippen molar-refractivity contribution in [2.45, 2.75) is 39.5 Å². The smallest absolute Gasteiger partial charge is 0.247 e. The largest absolute Gasteiger partial charge is 0.255 e. The van der Waals surface area contributed by atoms with E-state index in [4.69, 9.17) is 0 Å². The van der Waals surface area contributed by atoms with Gasteiger partial charge < -0.3 is 0 Å². The summed E-state index contributed by atoms with van der Waals surface area (Å²) < 4.78 is 2.10. The summed E-state index contributed by atoms with van der Waals surface area (Å²) in [4.78, 5) is 3.13. The Balaban J connectivity index is 2.28. The van der Waals surface area contributed by atoms with Crippen LogP contribution < -0.4 is 4.57 Å². The fourth-order valence-corrected chi connectivity index (χ4v) is 1.29. The van der Waals surface area contributed by atoms with Crippen LogP contribution in [0, 0.1) is 6.92 Å². The molecule has 0 amide bonds. The molecule has 0 saturated carbocycles. The Kier molecular flexibility index (Phi) is 4.30. The van der Waals surface area contributed by atoms with Crippen molar-refractivity contribution in [1.82, 2.24) is 4.98 Å². The van der Waals surface area contributed by atoms with E-state index in [1.54, 1.807) is 0 Å². The molecule has 0 unspecified atom stereocenters. The van der Waals surface area contributed by atoms with Crippen molar-refractivity contribution in [2.75, 3.05) is 0 Å². The molecule has 2 nitrogen and oxygen atoms in total. The van der Waals surface area contributed by atoms with Crippen molar-refractivity contribution in [2.24, 2.45) is 0 Å². The van der Waals surface area contributed by atoms with Crippen molar-refractivity contribution in [3.63, 3.8) is 0 Å². The molecule has 1 rings (SSSR count). The number of hydrogen-bond acceptors (Lipinski definition) is 0. The first kappa shape index (κ1) is 10.0. The number of aromatic nitrogens is 2. The molecule has 1 heterocycles. The fourth-order valence-electron chi connectivity index (χ4n) is 1.29. The highest BCUT2D eigenvalue weighted by Crippen LogP contribution is 1.99. The summed E-state index contributed by atoms with van der Waals surface area (Å²) in [6, 6.07) is 0. The van der Waals surface area contributed by atoms with Crippen LogP contribution in [0.4, 0.5) is 0 Å². The number of allylic oxidation sites excluding steroid dienone is 1. The highest BCUT2D eigenvalue weighted by molar-refractivity contribution is 5.06. The first-order valence-corrected chi connectivity index (χ1v) is 5.06. The summed E-state index contributed by atoms with van der Waals surface area (Å²) in [6.07, 6.45) is 13.5. The van der Waals surface area contributed by atoms with E-state index in [-0.39, 0.29) is 0 Å². The third-order valence-corrected chi connectivity index (χ3v) is 2.16. The molecular weight excluding hydrogens is 160 g/mol. The quantitative estimate of drug-likeness (QED) is 0.529. The van der Waals surface area contributed by atoms with E-state index in [9.17, 15) is 0 Å². The lowest BCUT2D eigenvalue weighted by Crippen LogP contribution is -2.26. The van der Waals surface area contributed by atoms with Gasteiger partial charge in [-0.2, -0.15) is 0 Å². The number of unbranched alkanes of at least 4 members (excludes halogenated alkanes) is 3. The molecule has 0 fully saturated rings. The number of aryl methyl sites for hydroxylation is 1. The predicted molar refractivity (Wildman–Crippen MR) is 55.2 cm³/mol. The van der Waals surface area contributed by atoms with E-state index in [2.05, 4.69) is 35.7 Å². The minimum atomic E-state index is 1.17. The van der Waals surface area contributed by atoms with Crippen LogP contribution in [-0.4, -0.2) is 4.98 Å². The number of imidazole rings is 1. The van der Waals surface area contributed by atoms with Gasteiger partial charge in [0.25, 0.3) is 5.82 Å². The Labute approximate surface area is 80.3 Å². The van der Waals surface area contributed by atoms with Gasteiger partial charge in [-0.25, -0.2) is 9.55 Å². The van der Waals surface area contributed by atoms with Crippen LogP contribution in [0.25, 0.3) is 6.20 Å². The van der Waals surface area contributed by atoms with Crippen molar-refractivity contribution < 1.29 is 4.57 Å². The van der Waals surface area contributed by atoms with Gasteiger partial charge in [0.05, 0.1) is 6.20 Å². The number of aromatic amines is 1. The first-order valence-electron chi connectivity index (χ1n) is 5.06. The normalized spacial score (nSPS) is 11.2. The maximum atomic E-state index is 3.13. The molecule has 1 aromatic heterocycles. The van der Waals surface area contributed by atoms with Gasteiger partial charge in [-0.1, -0.05) is 19.8 Å². The lowest BCUT2D eigenvalue weighted by atomic mass is 10.2. The molecule has 1 N–H and O–H groups in total. The SMILES string of the molecule is CCCCCC=C[n+]1cc[nH]c1C. The third kappa shape index (κ3) is 3.45. The molecule has 0 aliphatic rings. The van der Waals surface area contributed by atoms with Crippen molar-refractivity contribution in [1.29, 1.82) is 0 Å². The van der Waals surface area contributed by atoms with Crippen LogP contribution in [0.2, 0.25) is 0 Å². The average molecular weight is 179 g/mol. The standard InChI is InChI=1S/C11H18N2/c1-3-4-5-6-7-9-13-10-8-12-11(13)2/h7-10H,3-6H2,1-2H3/p+1. The Bertz CT molecular complexity index is 261. The number of hydrogen-bond donors (Lipinski definition) is 1. The summed E-state index contributed by atoms with van der Waals surface area (Å²) in [5.41, 5.74) is 0. The highest BCUT2D eigenvalue weighted by Gasteiger charge is 1.97. The Morgan fingerprint density at radius 1 is 1.46 bits per heavy atom. The molecule has 0 radical (unpaired) electrons. The molecule has 0 saturated heterocycles. The van der Waals surface area contributed by atoms with Crippen LogP contribution in [-0.2, 0) is 0 Å². The van der Waals surface area contributed by atoms with E-state index in [0.717, 1.165) is 0 Å². The van der Waals surface area contributed by atoms with E-state index in [1.807, 2.05) is 12.4 Å². The zero-order valence-corrected chi connectivity index (χ0v) is 8.59. The molecule has 0 aliphatic heterocycles. The number of nitrogens with one attached hydrogen (secondary N) is 1. The zero-order chi connectivity index (χ0) is 9.52. The second-order valence-electron chi connectivity index (χ2n) is 3.33. The Morgan fingerprint density at radius 2 is 2.31 bits per heavy atom. The molecule has 0 atom stereocenters. The Morgan fingerprint density at radius 3 is 2.92 bits per heavy atom. The fraction of sp³-hybridized carbons (Fsp3) is 0.545. The van der Waals surface area contributed by atoms with Gasteiger partial charge in [0, 0.05) is 6.92 Å². The summed E-state index contributed by atoms with van der Waals surface area (Å²) in [5.74, 6) is 1.17. The highest BCUT2D eigenvalue weighted by atomic mass is 15.0. The lowest BCUT2D eigenvalue weighted by molar-refractivity contribution is -0.574. The molecule has 0 aliphatic carbocycles. The molecule has 0 spiro atoms. The number of rotatable bonds is 5. The molecule has 72 valence electrons. The van der Waals surface area contributed by atoms with Crippen LogP contribution in [0.15, 0.2) is 18.5 Å². The second kappa shape index (κ2) is 5.57. The third-order valence-electron chi connectivity index (χ3n) is 2.16. The van der Waals surface area contributed by atoms with E-state index in [0.29, 0.717) is 0 Å². The maximum absolute atomic E-state index is 3.13. The van der Waals surface area contributed by atoms with E-state index < -0.39 is 0 Å². The van der Waals surface area contributed by atoms with Crippen LogP contribution in [0.1, 0.15) is 38.4 Å². The summed E-state index contributed by atoms with van der Waals surface area (Å²) in [7, 11) is 0. The first-order chi connectivity index (χ1) is 6.34. The van der Waals surface area contributed by atoms with Gasteiger partial charge in [-0.15, -0.1) is 0 Å². The molecule has 0 bridgehead atoms. The molecule has 1 aromatic rings. The van der Waals surface area contributed by atoms with Crippen LogP contribution in [0.3, 0.4) is 0 Å². The zero-order valence-electron chi connectivity index (χ0n) is 8.59. The molecular formula is C11H19N2+. The summed E-state index contributed by atoms with van der Waals surface area (Å²) in [5, 5.41) is 0. The van der Waals surface area contributed by atoms with E-state index in [1.165, 1.54) is 31.5 Å². The van der Waals surface area contributed by atoms with Gasteiger partial charge in [-0.05, 0) is 18.9 Å². The predicted octanol–water partition coefficient (Wildman–Crippen LogP) is 2.66. The van der Waals surface area contributed by atoms with Gasteiger partial charge in [0.2, 0.25) is 0 Å². The topological polar surface area (TPSA) is 19.7 Å². The second-order valence-corrected chi connectivity index (χ2v) is 3.33. The van der Waals surface area contributed by atoms with Crippen LogP contribution in [0.5, 0.6) is 0 Å². The van der Waals surface area contributed by atoms with Crippen molar-refractivity contribution in [3.8, 4) is 0 Å². The number of H-pyrrole nitrogens is 1. The minimum absolute atomic E-state index is 1.17. The minimum Gasteiger partial charge on any atom is -0.247 e. The van der Waals surface area contributed by atoms with Crippen molar-refractivity contribution >= 4 is 6.20 Å².